The number of aromatic nitrogens is 2. The van der Waals surface area contributed by atoms with Crippen LogP contribution in [-0.2, 0) is 13.1 Å². The topological polar surface area (TPSA) is 53.1 Å². The normalized spacial score (nSPS) is 10.5. The molecule has 0 saturated carbocycles. The van der Waals surface area contributed by atoms with Crippen LogP contribution in [0.1, 0.15) is 11.3 Å². The summed E-state index contributed by atoms with van der Waals surface area (Å²) in [5.74, 6) is 0.827. The highest BCUT2D eigenvalue weighted by Gasteiger charge is 2.04. The number of benzene rings is 1. The van der Waals surface area contributed by atoms with E-state index in [0.717, 1.165) is 21.5 Å². The average molecular weight is 296 g/mol. The summed E-state index contributed by atoms with van der Waals surface area (Å²) in [5.41, 5.74) is 7.81. The first-order valence-electron chi connectivity index (χ1n) is 5.27. The van der Waals surface area contributed by atoms with Gasteiger partial charge in [-0.25, -0.2) is 0 Å². The molecule has 5 heteroatoms. The summed E-state index contributed by atoms with van der Waals surface area (Å²) in [5, 5.41) is 4.24. The Labute approximate surface area is 109 Å². The van der Waals surface area contributed by atoms with Gasteiger partial charge in [-0.2, -0.15) is 5.10 Å². The monoisotopic (exact) mass is 295 g/mol. The Morgan fingerprint density at radius 2 is 2.24 bits per heavy atom. The van der Waals surface area contributed by atoms with Crippen LogP contribution in [0.4, 0.5) is 0 Å². The number of methoxy groups -OCH3 is 1. The van der Waals surface area contributed by atoms with Gasteiger partial charge in [-0.1, -0.05) is 6.07 Å². The molecule has 2 N–H and O–H groups in total. The van der Waals surface area contributed by atoms with Crippen molar-refractivity contribution in [3.8, 4) is 5.75 Å². The van der Waals surface area contributed by atoms with Crippen molar-refractivity contribution in [2.45, 2.75) is 13.1 Å². The highest BCUT2D eigenvalue weighted by atomic mass is 79.9. The molecule has 4 nitrogen and oxygen atoms in total. The number of halogens is 1. The minimum Gasteiger partial charge on any atom is -0.496 e. The molecule has 0 atom stereocenters. The van der Waals surface area contributed by atoms with Gasteiger partial charge < -0.3 is 10.5 Å². The van der Waals surface area contributed by atoms with E-state index in [4.69, 9.17) is 10.5 Å². The Morgan fingerprint density at radius 3 is 2.88 bits per heavy atom. The van der Waals surface area contributed by atoms with Crippen LogP contribution in [0.25, 0.3) is 0 Å². The van der Waals surface area contributed by atoms with Gasteiger partial charge >= 0.3 is 0 Å². The minimum atomic E-state index is 0.497. The summed E-state index contributed by atoms with van der Waals surface area (Å²) in [6.07, 6.45) is 1.76. The lowest BCUT2D eigenvalue weighted by atomic mass is 10.2. The maximum Gasteiger partial charge on any atom is 0.133 e. The molecule has 0 radical (unpaired) electrons. The maximum absolute atomic E-state index is 5.63. The van der Waals surface area contributed by atoms with E-state index in [-0.39, 0.29) is 0 Å². The molecule has 0 amide bonds. The Kier molecular flexibility index (Phi) is 3.81. The standard InChI is InChI=1S/C12H14BrN3O/c1-17-12-3-2-9(6-11(12)13)8-16-10(7-14)4-5-15-16/h2-6H,7-8,14H2,1H3. The molecule has 1 aromatic heterocycles. The Hall–Kier alpha value is -1.33. The van der Waals surface area contributed by atoms with Gasteiger partial charge in [-0.05, 0) is 39.7 Å². The van der Waals surface area contributed by atoms with Crippen molar-refractivity contribution in [2.75, 3.05) is 7.11 Å². The van der Waals surface area contributed by atoms with E-state index in [9.17, 15) is 0 Å². The third-order valence-electron chi connectivity index (χ3n) is 2.56. The maximum atomic E-state index is 5.63. The summed E-state index contributed by atoms with van der Waals surface area (Å²) in [7, 11) is 1.65. The average Bonchev–Trinajstić information content (AvgIpc) is 2.76. The lowest BCUT2D eigenvalue weighted by molar-refractivity contribution is 0.412. The van der Waals surface area contributed by atoms with E-state index in [0.29, 0.717) is 13.1 Å². The Balaban J connectivity index is 2.22. The zero-order chi connectivity index (χ0) is 12.3. The molecular formula is C12H14BrN3O. The van der Waals surface area contributed by atoms with E-state index in [1.807, 2.05) is 28.9 Å². The largest absolute Gasteiger partial charge is 0.496 e. The van der Waals surface area contributed by atoms with E-state index >= 15 is 0 Å². The summed E-state index contributed by atoms with van der Waals surface area (Å²) < 4.78 is 8.03. The van der Waals surface area contributed by atoms with E-state index in [1.165, 1.54) is 0 Å². The fourth-order valence-corrected chi connectivity index (χ4v) is 2.25. The van der Waals surface area contributed by atoms with E-state index < -0.39 is 0 Å². The van der Waals surface area contributed by atoms with Crippen LogP contribution in [0.15, 0.2) is 34.9 Å². The molecule has 0 fully saturated rings. The van der Waals surface area contributed by atoms with Crippen molar-refractivity contribution in [3.63, 3.8) is 0 Å². The van der Waals surface area contributed by atoms with E-state index in [2.05, 4.69) is 21.0 Å². The van der Waals surface area contributed by atoms with Gasteiger partial charge in [0.1, 0.15) is 5.75 Å². The van der Waals surface area contributed by atoms with Crippen molar-refractivity contribution in [2.24, 2.45) is 5.73 Å². The third-order valence-corrected chi connectivity index (χ3v) is 3.18. The highest BCUT2D eigenvalue weighted by Crippen LogP contribution is 2.25. The third kappa shape index (κ3) is 2.68. The second kappa shape index (κ2) is 5.33. The number of nitrogens with zero attached hydrogens (tertiary/aromatic N) is 2. The van der Waals surface area contributed by atoms with Crippen LogP contribution in [0.3, 0.4) is 0 Å². The zero-order valence-corrected chi connectivity index (χ0v) is 11.1. The predicted octanol–water partition coefficient (Wildman–Crippen LogP) is 2.16. The van der Waals surface area contributed by atoms with Crippen LogP contribution < -0.4 is 10.5 Å². The molecule has 17 heavy (non-hydrogen) atoms. The molecule has 0 aliphatic carbocycles. The van der Waals surface area contributed by atoms with Gasteiger partial charge in [0.2, 0.25) is 0 Å². The minimum absolute atomic E-state index is 0.497. The van der Waals surface area contributed by atoms with Crippen molar-refractivity contribution < 1.29 is 4.74 Å². The molecule has 2 rings (SSSR count). The molecular weight excluding hydrogens is 282 g/mol. The lowest BCUT2D eigenvalue weighted by Crippen LogP contribution is -2.09. The highest BCUT2D eigenvalue weighted by molar-refractivity contribution is 9.10. The quantitative estimate of drug-likeness (QED) is 0.940. The Morgan fingerprint density at radius 1 is 1.41 bits per heavy atom. The number of rotatable bonds is 4. The molecule has 0 aliphatic rings. The molecule has 0 spiro atoms. The number of hydrogen-bond donors (Lipinski definition) is 1. The van der Waals surface area contributed by atoms with Crippen LogP contribution >= 0.6 is 15.9 Å². The second-order valence-corrected chi connectivity index (χ2v) is 4.51. The lowest BCUT2D eigenvalue weighted by Gasteiger charge is -2.08. The first kappa shape index (κ1) is 12.1. The zero-order valence-electron chi connectivity index (χ0n) is 9.56. The number of nitrogens with two attached hydrogens (primary N) is 1. The SMILES string of the molecule is COc1ccc(Cn2nccc2CN)cc1Br. The fourth-order valence-electron chi connectivity index (χ4n) is 1.66. The summed E-state index contributed by atoms with van der Waals surface area (Å²) in [6, 6.07) is 7.91. The van der Waals surface area contributed by atoms with Gasteiger partial charge in [-0.3, -0.25) is 4.68 Å². The molecule has 1 heterocycles. The smallest absolute Gasteiger partial charge is 0.133 e. The molecule has 0 aliphatic heterocycles. The van der Waals surface area contributed by atoms with Gasteiger partial charge in [-0.15, -0.1) is 0 Å². The molecule has 0 unspecified atom stereocenters. The van der Waals surface area contributed by atoms with Gasteiger partial charge in [0.15, 0.2) is 0 Å². The van der Waals surface area contributed by atoms with Crippen LogP contribution in [0, 0.1) is 0 Å². The van der Waals surface area contributed by atoms with Crippen molar-refractivity contribution in [1.29, 1.82) is 0 Å². The summed E-state index contributed by atoms with van der Waals surface area (Å²) in [4.78, 5) is 0. The Bertz CT molecular complexity index is 510. The molecule has 0 bridgehead atoms. The van der Waals surface area contributed by atoms with Crippen molar-refractivity contribution in [1.82, 2.24) is 9.78 Å². The molecule has 2 aromatic rings. The van der Waals surface area contributed by atoms with E-state index in [1.54, 1.807) is 13.3 Å². The molecule has 1 aromatic carbocycles. The fraction of sp³-hybridized carbons (Fsp3) is 0.250. The van der Waals surface area contributed by atoms with Crippen molar-refractivity contribution in [3.05, 3.63) is 46.2 Å². The molecule has 0 saturated heterocycles. The first-order chi connectivity index (χ1) is 8.24. The van der Waals surface area contributed by atoms with Crippen LogP contribution in [0.2, 0.25) is 0 Å². The number of hydrogen-bond acceptors (Lipinski definition) is 3. The summed E-state index contributed by atoms with van der Waals surface area (Å²) in [6.45, 7) is 1.21. The first-order valence-corrected chi connectivity index (χ1v) is 6.07. The van der Waals surface area contributed by atoms with Crippen LogP contribution in [-0.4, -0.2) is 16.9 Å². The summed E-state index contributed by atoms with van der Waals surface area (Å²) >= 11 is 3.47. The van der Waals surface area contributed by atoms with Gasteiger partial charge in [0, 0.05) is 12.7 Å². The van der Waals surface area contributed by atoms with Gasteiger partial charge in [0.05, 0.1) is 23.8 Å². The van der Waals surface area contributed by atoms with Crippen LogP contribution in [0.5, 0.6) is 5.75 Å². The molecule has 90 valence electrons. The predicted molar refractivity (Wildman–Crippen MR) is 69.9 cm³/mol. The second-order valence-electron chi connectivity index (χ2n) is 3.65. The number of ether oxygens (including phenoxy) is 1. The van der Waals surface area contributed by atoms with Gasteiger partial charge in [0.25, 0.3) is 0 Å². The van der Waals surface area contributed by atoms with Crippen molar-refractivity contribution >= 4 is 15.9 Å².